The molecule has 5 heteroatoms. The lowest BCUT2D eigenvalue weighted by Gasteiger charge is -2.03. The molecule has 0 saturated heterocycles. The smallest absolute Gasteiger partial charge is 0.248 e. The van der Waals surface area contributed by atoms with Crippen LogP contribution in [0.25, 0.3) is 11.0 Å². The van der Waals surface area contributed by atoms with Gasteiger partial charge >= 0.3 is 0 Å². The Bertz CT molecular complexity index is 666. The van der Waals surface area contributed by atoms with Crippen LogP contribution in [0.15, 0.2) is 18.2 Å². The van der Waals surface area contributed by atoms with Gasteiger partial charge in [-0.3, -0.25) is 4.79 Å². The third-order valence-corrected chi connectivity index (χ3v) is 4.94. The van der Waals surface area contributed by atoms with E-state index in [0.717, 1.165) is 12.8 Å². The molecular formula is C21H33N3O2. The van der Waals surface area contributed by atoms with Crippen LogP contribution in [0.3, 0.4) is 0 Å². The van der Waals surface area contributed by atoms with Gasteiger partial charge in [0.15, 0.2) is 5.52 Å². The molecule has 2 rings (SSSR count). The normalized spacial score (nSPS) is 11.3. The third-order valence-electron chi connectivity index (χ3n) is 4.94. The van der Waals surface area contributed by atoms with Crippen LogP contribution in [0, 0.1) is 0 Å². The van der Waals surface area contributed by atoms with E-state index in [-0.39, 0.29) is 11.7 Å². The first-order valence-electron chi connectivity index (χ1n) is 10.3. The molecule has 0 fully saturated rings. The van der Waals surface area contributed by atoms with Crippen molar-refractivity contribution >= 4 is 16.9 Å². The van der Waals surface area contributed by atoms with Crippen molar-refractivity contribution in [2.45, 2.75) is 90.4 Å². The number of aromatic nitrogens is 3. The number of benzene rings is 1. The number of hydrogen-bond acceptors (Lipinski definition) is 4. The summed E-state index contributed by atoms with van der Waals surface area (Å²) in [6.07, 6.45) is 15.8. The summed E-state index contributed by atoms with van der Waals surface area (Å²) >= 11 is 0. The molecule has 1 N–H and O–H groups in total. The predicted octanol–water partition coefficient (Wildman–Crippen LogP) is 5.87. The molecule has 144 valence electrons. The maximum atomic E-state index is 12.3. The highest BCUT2D eigenvalue weighted by atomic mass is 16.3. The molecule has 0 unspecified atom stereocenters. The van der Waals surface area contributed by atoms with E-state index in [1.54, 1.807) is 18.2 Å². The van der Waals surface area contributed by atoms with Crippen molar-refractivity contribution in [1.29, 1.82) is 0 Å². The SMILES string of the molecule is CCCCCCCCCCCCCCC(=O)n1nnc2c(O)cccc21. The number of hydrogen-bond donors (Lipinski definition) is 1. The summed E-state index contributed by atoms with van der Waals surface area (Å²) in [4.78, 5) is 12.3. The lowest BCUT2D eigenvalue weighted by Crippen LogP contribution is -2.12. The average Bonchev–Trinajstić information content (AvgIpc) is 3.08. The van der Waals surface area contributed by atoms with E-state index in [4.69, 9.17) is 0 Å². The summed E-state index contributed by atoms with van der Waals surface area (Å²) < 4.78 is 1.31. The lowest BCUT2D eigenvalue weighted by molar-refractivity contribution is 0.0886. The molecule has 1 heterocycles. The standard InChI is InChI=1S/C21H33N3O2/c1-2-3-4-5-6-7-8-9-10-11-12-13-17-20(26)24-18-15-14-16-19(25)21(18)22-23-24/h14-16,25H,2-13,17H2,1H3. The number of phenols is 1. The third kappa shape index (κ3) is 6.43. The van der Waals surface area contributed by atoms with Gasteiger partial charge in [0.1, 0.15) is 11.3 Å². The summed E-state index contributed by atoms with van der Waals surface area (Å²) in [6.45, 7) is 2.26. The number of rotatable bonds is 13. The van der Waals surface area contributed by atoms with E-state index in [0.29, 0.717) is 17.5 Å². The fourth-order valence-corrected chi connectivity index (χ4v) is 3.34. The number of unbranched alkanes of at least 4 members (excludes halogenated alkanes) is 11. The van der Waals surface area contributed by atoms with Crippen LogP contribution >= 0.6 is 0 Å². The maximum Gasteiger partial charge on any atom is 0.248 e. The molecule has 0 aliphatic rings. The minimum absolute atomic E-state index is 0.0508. The van der Waals surface area contributed by atoms with Gasteiger partial charge in [0.25, 0.3) is 0 Å². The van der Waals surface area contributed by atoms with Gasteiger partial charge in [0.05, 0.1) is 0 Å². The zero-order chi connectivity index (χ0) is 18.6. The second kappa shape index (κ2) is 11.7. The van der Waals surface area contributed by atoms with Crippen LogP contribution in [0.5, 0.6) is 5.75 Å². The molecule has 0 aliphatic heterocycles. The van der Waals surface area contributed by atoms with Crippen LogP contribution in [0.4, 0.5) is 0 Å². The van der Waals surface area contributed by atoms with Crippen molar-refractivity contribution in [2.24, 2.45) is 0 Å². The van der Waals surface area contributed by atoms with E-state index < -0.39 is 0 Å². The topological polar surface area (TPSA) is 68.0 Å². The van der Waals surface area contributed by atoms with Crippen molar-refractivity contribution in [2.75, 3.05) is 0 Å². The van der Waals surface area contributed by atoms with Gasteiger partial charge in [0.2, 0.25) is 5.91 Å². The first-order chi connectivity index (χ1) is 12.7. The van der Waals surface area contributed by atoms with Gasteiger partial charge < -0.3 is 5.11 Å². The fraction of sp³-hybridized carbons (Fsp3) is 0.667. The second-order valence-corrected chi connectivity index (χ2v) is 7.18. The molecule has 0 aliphatic carbocycles. The Morgan fingerprint density at radius 3 is 2.12 bits per heavy atom. The van der Waals surface area contributed by atoms with Crippen molar-refractivity contribution < 1.29 is 9.90 Å². The highest BCUT2D eigenvalue weighted by Crippen LogP contribution is 2.21. The first-order valence-corrected chi connectivity index (χ1v) is 10.3. The molecule has 0 atom stereocenters. The molecule has 0 saturated carbocycles. The quantitative estimate of drug-likeness (QED) is 0.454. The minimum Gasteiger partial charge on any atom is -0.506 e. The summed E-state index contributed by atoms with van der Waals surface area (Å²) in [5.74, 6) is 0.0112. The number of aromatic hydroxyl groups is 1. The Morgan fingerprint density at radius 1 is 0.923 bits per heavy atom. The fourth-order valence-electron chi connectivity index (χ4n) is 3.34. The molecule has 2 aromatic rings. The zero-order valence-electron chi connectivity index (χ0n) is 16.1. The summed E-state index contributed by atoms with van der Waals surface area (Å²) in [6, 6.07) is 5.01. The van der Waals surface area contributed by atoms with E-state index >= 15 is 0 Å². The van der Waals surface area contributed by atoms with Crippen LogP contribution in [-0.4, -0.2) is 26.0 Å². The number of carbonyl (C=O) groups is 1. The highest BCUT2D eigenvalue weighted by molar-refractivity contribution is 5.91. The molecule has 5 nitrogen and oxygen atoms in total. The van der Waals surface area contributed by atoms with Gasteiger partial charge in [-0.15, -0.1) is 5.10 Å². The first kappa shape index (κ1) is 20.4. The molecule has 0 radical (unpaired) electrons. The van der Waals surface area contributed by atoms with E-state index in [1.165, 1.54) is 68.9 Å². The number of carbonyl (C=O) groups excluding carboxylic acids is 1. The van der Waals surface area contributed by atoms with Gasteiger partial charge in [0, 0.05) is 6.42 Å². The second-order valence-electron chi connectivity index (χ2n) is 7.18. The maximum absolute atomic E-state index is 12.3. The van der Waals surface area contributed by atoms with Crippen LogP contribution < -0.4 is 0 Å². The number of fused-ring (bicyclic) bond motifs is 1. The van der Waals surface area contributed by atoms with Crippen molar-refractivity contribution in [3.63, 3.8) is 0 Å². The Hall–Kier alpha value is -1.91. The highest BCUT2D eigenvalue weighted by Gasteiger charge is 2.13. The number of phenolic OH excluding ortho intramolecular Hbond substituents is 1. The molecular weight excluding hydrogens is 326 g/mol. The molecule has 1 aromatic carbocycles. The Morgan fingerprint density at radius 2 is 1.50 bits per heavy atom. The predicted molar refractivity (Wildman–Crippen MR) is 106 cm³/mol. The molecule has 0 bridgehead atoms. The Balaban J connectivity index is 1.53. The lowest BCUT2D eigenvalue weighted by atomic mass is 10.0. The molecule has 0 spiro atoms. The minimum atomic E-state index is -0.0508. The summed E-state index contributed by atoms with van der Waals surface area (Å²) in [7, 11) is 0. The average molecular weight is 360 g/mol. The van der Waals surface area contributed by atoms with Gasteiger partial charge in [-0.05, 0) is 18.6 Å². The van der Waals surface area contributed by atoms with Gasteiger partial charge in [-0.25, -0.2) is 0 Å². The Kier molecular flexibility index (Phi) is 9.15. The zero-order valence-corrected chi connectivity index (χ0v) is 16.1. The molecule has 26 heavy (non-hydrogen) atoms. The van der Waals surface area contributed by atoms with Crippen molar-refractivity contribution in [3.8, 4) is 5.75 Å². The monoisotopic (exact) mass is 359 g/mol. The van der Waals surface area contributed by atoms with E-state index in [2.05, 4.69) is 17.2 Å². The molecule has 0 amide bonds. The van der Waals surface area contributed by atoms with Crippen molar-refractivity contribution in [1.82, 2.24) is 15.0 Å². The number of nitrogens with zero attached hydrogens (tertiary/aromatic N) is 3. The summed E-state index contributed by atoms with van der Waals surface area (Å²) in [5.41, 5.74) is 0.962. The van der Waals surface area contributed by atoms with Gasteiger partial charge in [-0.1, -0.05) is 88.8 Å². The Labute approximate surface area is 156 Å². The van der Waals surface area contributed by atoms with Crippen LogP contribution in [0.2, 0.25) is 0 Å². The van der Waals surface area contributed by atoms with Crippen molar-refractivity contribution in [3.05, 3.63) is 18.2 Å². The summed E-state index contributed by atoms with van der Waals surface area (Å²) in [5, 5.41) is 17.5. The van der Waals surface area contributed by atoms with Crippen LogP contribution in [0.1, 0.15) is 95.2 Å². The van der Waals surface area contributed by atoms with Gasteiger partial charge in [-0.2, -0.15) is 4.68 Å². The molecule has 1 aromatic heterocycles. The van der Waals surface area contributed by atoms with Crippen LogP contribution in [-0.2, 0) is 0 Å². The largest absolute Gasteiger partial charge is 0.506 e. The van der Waals surface area contributed by atoms with E-state index in [9.17, 15) is 9.90 Å². The van der Waals surface area contributed by atoms with E-state index in [1.807, 2.05) is 0 Å².